The maximum atomic E-state index is 12.4. The molecule has 0 unspecified atom stereocenters. The maximum Gasteiger partial charge on any atom is 0.345 e. The first-order valence-electron chi connectivity index (χ1n) is 14.7. The number of halogens is 1. The Morgan fingerprint density at radius 3 is 2.58 bits per heavy atom. The number of nitrogens with zero attached hydrogens (tertiary/aromatic N) is 5. The van der Waals surface area contributed by atoms with Crippen LogP contribution in [-0.4, -0.2) is 88.3 Å². The molecule has 0 spiro atoms. The number of aliphatic carboxylic acids is 1. The van der Waals surface area contributed by atoms with Crippen LogP contribution in [0.25, 0.3) is 31.9 Å². The highest BCUT2D eigenvalue weighted by atomic mass is 35.5. The summed E-state index contributed by atoms with van der Waals surface area (Å²) >= 11 is 10.0. The van der Waals surface area contributed by atoms with Crippen molar-refractivity contribution >= 4 is 50.5 Å². The van der Waals surface area contributed by atoms with Gasteiger partial charge in [-0.3, -0.25) is 4.90 Å². The first-order chi connectivity index (χ1) is 21.8. The molecule has 5 aromatic rings. The fourth-order valence-corrected chi connectivity index (χ4v) is 7.45. The van der Waals surface area contributed by atoms with Gasteiger partial charge in [-0.15, -0.1) is 22.7 Å². The third-order valence-electron chi connectivity index (χ3n) is 7.98. The van der Waals surface area contributed by atoms with Crippen LogP contribution in [0.1, 0.15) is 16.1 Å². The number of aromatic nitrogens is 3. The molecule has 1 aliphatic rings. The van der Waals surface area contributed by atoms with Crippen molar-refractivity contribution in [1.29, 1.82) is 0 Å². The number of rotatable bonds is 11. The van der Waals surface area contributed by atoms with E-state index in [0.29, 0.717) is 27.6 Å². The van der Waals surface area contributed by atoms with Crippen LogP contribution in [-0.2, 0) is 11.2 Å². The molecule has 1 N–H and O–H groups in total. The minimum atomic E-state index is -1.15. The van der Waals surface area contributed by atoms with Crippen LogP contribution < -0.4 is 9.47 Å². The Morgan fingerprint density at radius 2 is 1.87 bits per heavy atom. The molecule has 1 fully saturated rings. The number of carboxylic acids is 1. The summed E-state index contributed by atoms with van der Waals surface area (Å²) in [4.78, 5) is 32.4. The number of ether oxygens (including phenoxy) is 2. The number of hydrogen-bond acceptors (Lipinski definition) is 10. The van der Waals surface area contributed by atoms with E-state index in [1.165, 1.54) is 17.7 Å². The third kappa shape index (κ3) is 6.97. The number of piperazine rings is 1. The summed E-state index contributed by atoms with van der Waals surface area (Å²) in [6, 6.07) is 13.3. The van der Waals surface area contributed by atoms with E-state index in [-0.39, 0.29) is 12.3 Å². The van der Waals surface area contributed by atoms with Crippen LogP contribution in [0.15, 0.2) is 54.2 Å². The molecule has 1 atom stereocenters. The molecule has 12 heteroatoms. The smallest absolute Gasteiger partial charge is 0.345 e. The number of likely N-dealkylation sites (N-methyl/N-ethyl adjacent to an activating group) is 1. The van der Waals surface area contributed by atoms with Crippen molar-refractivity contribution in [2.45, 2.75) is 26.4 Å². The summed E-state index contributed by atoms with van der Waals surface area (Å²) in [5, 5.41) is 14.2. The lowest BCUT2D eigenvalue weighted by Crippen LogP contribution is -2.45. The van der Waals surface area contributed by atoms with Crippen molar-refractivity contribution in [1.82, 2.24) is 24.8 Å². The zero-order chi connectivity index (χ0) is 31.5. The molecule has 1 saturated heterocycles. The van der Waals surface area contributed by atoms with E-state index in [1.807, 2.05) is 61.7 Å². The van der Waals surface area contributed by atoms with Crippen LogP contribution in [0.5, 0.6) is 11.6 Å². The Labute approximate surface area is 275 Å². The Hall–Kier alpha value is -3.61. The number of aryl methyl sites for hydroxylation is 1. The SMILES string of the molecule is Cc1nc(-c2sc3ncnc(O[C@H](Cc4ccccc4)C(=O)O)c3c2-c2ccc(OCCN3CCN(C)CC3)c(Cl)c2C)cs1. The predicted octanol–water partition coefficient (Wildman–Crippen LogP) is 6.45. The highest BCUT2D eigenvalue weighted by Gasteiger charge is 2.28. The van der Waals surface area contributed by atoms with Crippen LogP contribution in [0.4, 0.5) is 0 Å². The monoisotopic (exact) mass is 663 g/mol. The van der Waals surface area contributed by atoms with Gasteiger partial charge < -0.3 is 19.5 Å². The predicted molar refractivity (Wildman–Crippen MR) is 180 cm³/mol. The zero-order valence-electron chi connectivity index (χ0n) is 25.3. The number of hydrogen-bond donors (Lipinski definition) is 1. The number of thiophene rings is 1. The molecule has 4 heterocycles. The lowest BCUT2D eigenvalue weighted by molar-refractivity contribution is -0.145. The molecule has 3 aromatic heterocycles. The molecular weight excluding hydrogens is 630 g/mol. The molecule has 9 nitrogen and oxygen atoms in total. The first-order valence-corrected chi connectivity index (χ1v) is 16.8. The van der Waals surface area contributed by atoms with Gasteiger partial charge >= 0.3 is 5.97 Å². The van der Waals surface area contributed by atoms with E-state index >= 15 is 0 Å². The quantitative estimate of drug-likeness (QED) is 0.171. The molecule has 1 aliphatic heterocycles. The van der Waals surface area contributed by atoms with Crippen LogP contribution >= 0.6 is 34.3 Å². The van der Waals surface area contributed by atoms with Gasteiger partial charge in [0.1, 0.15) is 23.5 Å². The van der Waals surface area contributed by atoms with E-state index in [0.717, 1.165) is 70.6 Å². The molecular formula is C33H34ClN5O4S2. The summed E-state index contributed by atoms with van der Waals surface area (Å²) in [5.74, 6) is -0.245. The van der Waals surface area contributed by atoms with Crippen molar-refractivity contribution in [3.63, 3.8) is 0 Å². The van der Waals surface area contributed by atoms with Crippen molar-refractivity contribution in [2.75, 3.05) is 46.4 Å². The van der Waals surface area contributed by atoms with Crippen molar-refractivity contribution in [3.05, 3.63) is 75.3 Å². The lowest BCUT2D eigenvalue weighted by Gasteiger charge is -2.32. The number of carboxylic acid groups (broad SMARTS) is 1. The van der Waals surface area contributed by atoms with Gasteiger partial charge in [-0.1, -0.05) is 48.0 Å². The van der Waals surface area contributed by atoms with Crippen molar-refractivity contribution in [3.8, 4) is 33.3 Å². The Morgan fingerprint density at radius 1 is 1.09 bits per heavy atom. The van der Waals surface area contributed by atoms with E-state index in [4.69, 9.17) is 26.1 Å². The molecule has 0 radical (unpaired) electrons. The average molecular weight is 664 g/mol. The van der Waals surface area contributed by atoms with Crippen LogP contribution in [0.2, 0.25) is 5.02 Å². The topological polar surface area (TPSA) is 101 Å². The minimum Gasteiger partial charge on any atom is -0.491 e. The zero-order valence-corrected chi connectivity index (χ0v) is 27.7. The molecule has 234 valence electrons. The molecule has 2 aromatic carbocycles. The summed E-state index contributed by atoms with van der Waals surface area (Å²) in [7, 11) is 2.14. The van der Waals surface area contributed by atoms with E-state index < -0.39 is 12.1 Å². The summed E-state index contributed by atoms with van der Waals surface area (Å²) in [5.41, 5.74) is 4.15. The van der Waals surface area contributed by atoms with Gasteiger partial charge in [0.25, 0.3) is 0 Å². The van der Waals surface area contributed by atoms with Gasteiger partial charge in [0.05, 0.1) is 26.0 Å². The highest BCUT2D eigenvalue weighted by molar-refractivity contribution is 7.23. The normalized spacial score (nSPS) is 14.9. The number of fused-ring (bicyclic) bond motifs is 1. The van der Waals surface area contributed by atoms with Gasteiger partial charge in [-0.2, -0.15) is 0 Å². The lowest BCUT2D eigenvalue weighted by atomic mass is 9.97. The molecule has 0 bridgehead atoms. The maximum absolute atomic E-state index is 12.4. The van der Waals surface area contributed by atoms with Crippen molar-refractivity contribution in [2.24, 2.45) is 0 Å². The third-order valence-corrected chi connectivity index (χ3v) is 10.3. The Kier molecular flexibility index (Phi) is 9.62. The largest absolute Gasteiger partial charge is 0.491 e. The fourth-order valence-electron chi connectivity index (χ4n) is 5.44. The van der Waals surface area contributed by atoms with Crippen LogP contribution in [0.3, 0.4) is 0 Å². The summed E-state index contributed by atoms with van der Waals surface area (Å²) in [6.45, 7) is 9.46. The van der Waals surface area contributed by atoms with Gasteiger partial charge in [0, 0.05) is 50.1 Å². The van der Waals surface area contributed by atoms with Gasteiger partial charge in [0.15, 0.2) is 0 Å². The second-order valence-corrected chi connectivity index (χ2v) is 13.5. The fraction of sp³-hybridized carbons (Fsp3) is 0.333. The molecule has 0 aliphatic carbocycles. The van der Waals surface area contributed by atoms with E-state index in [1.54, 1.807) is 11.3 Å². The summed E-state index contributed by atoms with van der Waals surface area (Å²) in [6.07, 6.45) is 0.445. The van der Waals surface area contributed by atoms with Gasteiger partial charge in [0.2, 0.25) is 12.0 Å². The average Bonchev–Trinajstić information content (AvgIpc) is 3.64. The summed E-state index contributed by atoms with van der Waals surface area (Å²) < 4.78 is 12.4. The number of carbonyl (C=O) groups is 1. The van der Waals surface area contributed by atoms with Crippen LogP contribution in [0, 0.1) is 13.8 Å². The first kappa shape index (κ1) is 31.4. The number of thiazole rings is 1. The minimum absolute atomic E-state index is 0.185. The molecule has 45 heavy (non-hydrogen) atoms. The van der Waals surface area contributed by atoms with Gasteiger partial charge in [-0.05, 0) is 43.7 Å². The second-order valence-electron chi connectivity index (χ2n) is 11.1. The van der Waals surface area contributed by atoms with Crippen molar-refractivity contribution < 1.29 is 19.4 Å². The molecule has 6 rings (SSSR count). The molecule has 0 saturated carbocycles. The second kappa shape index (κ2) is 13.8. The van der Waals surface area contributed by atoms with E-state index in [2.05, 4.69) is 26.8 Å². The molecule has 0 amide bonds. The highest BCUT2D eigenvalue weighted by Crippen LogP contribution is 2.49. The number of benzene rings is 2. The van der Waals surface area contributed by atoms with Gasteiger partial charge in [-0.25, -0.2) is 19.7 Å². The van der Waals surface area contributed by atoms with E-state index in [9.17, 15) is 9.90 Å². The Bertz CT molecular complexity index is 1800. The Balaban J connectivity index is 1.37. The standard InChI is InChI=1S/C33H34ClN5O4S2/c1-20-23(9-10-25(29(20)34)42-16-15-39-13-11-38(3)12-14-39)27-28-31(43-26(33(40)41)17-22-7-5-4-6-8-22)35-19-36-32(28)45-30(27)24-18-44-21(2)37-24/h4-10,18-19,26H,11-17H2,1-3H3,(H,40,41)/t26-/m1/s1.